The van der Waals surface area contributed by atoms with E-state index in [0.717, 1.165) is 11.6 Å². The highest BCUT2D eigenvalue weighted by molar-refractivity contribution is 6.42. The Labute approximate surface area is 142 Å². The third-order valence-electron chi connectivity index (χ3n) is 2.62. The van der Waals surface area contributed by atoms with Crippen LogP contribution in [0.2, 0.25) is 15.1 Å². The SMILES string of the molecule is O=C(/C=[14CH]/c1ccccc1)OC(=O)c1c(Cl)cc(Cl)cc1Cl. The summed E-state index contributed by atoms with van der Waals surface area (Å²) in [5, 5.41) is 0.312. The topological polar surface area (TPSA) is 43.4 Å². The predicted octanol–water partition coefficient (Wildman–Crippen LogP) is 5.04. The van der Waals surface area contributed by atoms with Crippen LogP contribution in [0.4, 0.5) is 0 Å². The van der Waals surface area contributed by atoms with Crippen molar-refractivity contribution in [3.63, 3.8) is 0 Å². The van der Waals surface area contributed by atoms with Gasteiger partial charge in [-0.15, -0.1) is 0 Å². The van der Waals surface area contributed by atoms with Crippen molar-refractivity contribution >= 4 is 52.8 Å². The van der Waals surface area contributed by atoms with Gasteiger partial charge in [0.1, 0.15) is 0 Å². The predicted molar refractivity (Wildman–Crippen MR) is 87.4 cm³/mol. The summed E-state index contributed by atoms with van der Waals surface area (Å²) in [5.74, 6) is -1.76. The number of carbonyl (C=O) groups is 2. The highest BCUT2D eigenvalue weighted by Gasteiger charge is 2.19. The molecule has 0 bridgehead atoms. The van der Waals surface area contributed by atoms with Gasteiger partial charge in [0, 0.05) is 11.1 Å². The van der Waals surface area contributed by atoms with Gasteiger partial charge in [0.2, 0.25) is 0 Å². The number of esters is 2. The van der Waals surface area contributed by atoms with Crippen LogP contribution in [-0.2, 0) is 9.53 Å². The Kier molecular flexibility index (Phi) is 5.61. The monoisotopic (exact) mass is 356 g/mol. The molecule has 22 heavy (non-hydrogen) atoms. The quantitative estimate of drug-likeness (QED) is 0.439. The number of hydrogen-bond donors (Lipinski definition) is 0. The summed E-state index contributed by atoms with van der Waals surface area (Å²) >= 11 is 17.5. The molecule has 0 unspecified atom stereocenters. The molecular formula is C16H9Cl3O3. The number of benzene rings is 2. The molecule has 6 heteroatoms. The minimum atomic E-state index is -0.936. The second kappa shape index (κ2) is 7.45. The zero-order valence-corrected chi connectivity index (χ0v) is 13.3. The van der Waals surface area contributed by atoms with Gasteiger partial charge in [0.15, 0.2) is 0 Å². The van der Waals surface area contributed by atoms with Gasteiger partial charge >= 0.3 is 11.9 Å². The van der Waals surface area contributed by atoms with E-state index in [0.29, 0.717) is 0 Å². The Bertz CT molecular complexity index is 717. The highest BCUT2D eigenvalue weighted by Crippen LogP contribution is 2.29. The Hall–Kier alpha value is -1.81. The van der Waals surface area contributed by atoms with Crippen molar-refractivity contribution in [2.75, 3.05) is 0 Å². The summed E-state index contributed by atoms with van der Waals surface area (Å²) in [6, 6.07) is 11.8. The van der Waals surface area contributed by atoms with E-state index in [1.807, 2.05) is 18.2 Å². The van der Waals surface area contributed by atoms with Crippen molar-refractivity contribution < 1.29 is 14.3 Å². The maximum atomic E-state index is 11.9. The molecule has 0 aromatic heterocycles. The first kappa shape index (κ1) is 16.6. The normalized spacial score (nSPS) is 10.7. The fraction of sp³-hybridized carbons (Fsp3) is 0. The molecular weight excluding hydrogens is 349 g/mol. The van der Waals surface area contributed by atoms with Gasteiger partial charge in [-0.1, -0.05) is 65.1 Å². The first-order valence-electron chi connectivity index (χ1n) is 6.11. The Morgan fingerprint density at radius 3 is 2.18 bits per heavy atom. The number of ether oxygens (including phenoxy) is 1. The molecule has 2 rings (SSSR count). The van der Waals surface area contributed by atoms with E-state index in [-0.39, 0.29) is 20.6 Å². The molecule has 3 nitrogen and oxygen atoms in total. The van der Waals surface area contributed by atoms with Crippen molar-refractivity contribution in [2.24, 2.45) is 0 Å². The number of hydrogen-bond acceptors (Lipinski definition) is 3. The summed E-state index contributed by atoms with van der Waals surface area (Å²) in [4.78, 5) is 23.6. The molecule has 0 aliphatic carbocycles. The van der Waals surface area contributed by atoms with E-state index in [1.54, 1.807) is 12.1 Å². The van der Waals surface area contributed by atoms with Crippen LogP contribution in [0.25, 0.3) is 6.08 Å². The minimum Gasteiger partial charge on any atom is -0.386 e. The lowest BCUT2D eigenvalue weighted by Gasteiger charge is -2.05. The first-order chi connectivity index (χ1) is 10.5. The minimum absolute atomic E-state index is 0.0161. The fourth-order valence-electron chi connectivity index (χ4n) is 1.64. The molecule has 0 saturated heterocycles. The van der Waals surface area contributed by atoms with Crippen LogP contribution < -0.4 is 0 Å². The zero-order valence-electron chi connectivity index (χ0n) is 11.1. The van der Waals surface area contributed by atoms with Gasteiger partial charge in [-0.3, -0.25) is 0 Å². The maximum Gasteiger partial charge on any atom is 0.349 e. The smallest absolute Gasteiger partial charge is 0.349 e. The number of halogens is 3. The summed E-state index contributed by atoms with van der Waals surface area (Å²) in [6.45, 7) is 0. The molecule has 0 saturated carbocycles. The molecule has 2 aromatic rings. The molecule has 0 spiro atoms. The van der Waals surface area contributed by atoms with E-state index in [2.05, 4.69) is 4.74 Å². The Balaban J connectivity index is 2.09. The van der Waals surface area contributed by atoms with Gasteiger partial charge in [-0.25, -0.2) is 9.59 Å². The standard InChI is InChI=1S/C16H9Cl3O3/c17-11-8-12(18)15(13(19)9-11)16(21)22-14(20)7-6-10-4-2-1-3-5-10/h1-9H/b7-6+/i6+2. The zero-order chi connectivity index (χ0) is 16.1. The lowest BCUT2D eigenvalue weighted by Crippen LogP contribution is -2.11. The molecule has 0 fully saturated rings. The summed E-state index contributed by atoms with van der Waals surface area (Å²) in [6.07, 6.45) is 2.67. The largest absolute Gasteiger partial charge is 0.386 e. The van der Waals surface area contributed by atoms with E-state index in [1.165, 1.54) is 18.2 Å². The first-order valence-corrected chi connectivity index (χ1v) is 7.24. The van der Waals surface area contributed by atoms with Crippen molar-refractivity contribution in [3.8, 4) is 0 Å². The summed E-state index contributed by atoms with van der Waals surface area (Å²) in [5.41, 5.74) is 0.698. The Morgan fingerprint density at radius 1 is 1.00 bits per heavy atom. The molecule has 0 aliphatic rings. The van der Waals surface area contributed by atoms with Crippen molar-refractivity contribution in [3.05, 3.63) is 74.7 Å². The second-order valence-corrected chi connectivity index (χ2v) is 5.45. The summed E-state index contributed by atoms with van der Waals surface area (Å²) < 4.78 is 4.68. The maximum absolute atomic E-state index is 11.9. The van der Waals surface area contributed by atoms with Crippen LogP contribution in [0.5, 0.6) is 0 Å². The average Bonchev–Trinajstić information content (AvgIpc) is 2.45. The van der Waals surface area contributed by atoms with E-state index < -0.39 is 11.9 Å². The van der Waals surface area contributed by atoms with Gasteiger partial charge in [0.25, 0.3) is 0 Å². The molecule has 0 aliphatic heterocycles. The van der Waals surface area contributed by atoms with Crippen LogP contribution in [0, 0.1) is 0 Å². The highest BCUT2D eigenvalue weighted by atomic mass is 35.5. The third-order valence-corrected chi connectivity index (χ3v) is 3.43. The molecule has 0 N–H and O–H groups in total. The average molecular weight is 358 g/mol. The van der Waals surface area contributed by atoms with Crippen molar-refractivity contribution in [2.45, 2.75) is 0 Å². The second-order valence-electron chi connectivity index (χ2n) is 4.20. The lowest BCUT2D eigenvalue weighted by atomic mass is 10.2. The van der Waals surface area contributed by atoms with Crippen LogP contribution in [0.3, 0.4) is 0 Å². The number of rotatable bonds is 3. The van der Waals surface area contributed by atoms with Gasteiger partial charge in [-0.05, 0) is 23.8 Å². The van der Waals surface area contributed by atoms with Crippen LogP contribution in [-0.4, -0.2) is 11.9 Å². The van der Waals surface area contributed by atoms with Crippen LogP contribution >= 0.6 is 34.8 Å². The Morgan fingerprint density at radius 2 is 1.59 bits per heavy atom. The lowest BCUT2D eigenvalue weighted by molar-refractivity contribution is -0.132. The van der Waals surface area contributed by atoms with Crippen LogP contribution in [0.1, 0.15) is 15.9 Å². The van der Waals surface area contributed by atoms with Gasteiger partial charge in [-0.2, -0.15) is 0 Å². The fourth-order valence-corrected chi connectivity index (χ4v) is 2.61. The van der Waals surface area contributed by atoms with Crippen molar-refractivity contribution in [1.29, 1.82) is 0 Å². The molecule has 2 aromatic carbocycles. The molecule has 112 valence electrons. The van der Waals surface area contributed by atoms with E-state index in [9.17, 15) is 9.59 Å². The molecule has 0 heterocycles. The molecule has 0 amide bonds. The number of carbonyl (C=O) groups excluding carboxylic acids is 2. The van der Waals surface area contributed by atoms with E-state index in [4.69, 9.17) is 34.8 Å². The molecule has 0 atom stereocenters. The van der Waals surface area contributed by atoms with E-state index >= 15 is 0 Å². The summed E-state index contributed by atoms with van der Waals surface area (Å²) in [7, 11) is 0. The van der Waals surface area contributed by atoms with Crippen LogP contribution in [0.15, 0.2) is 48.5 Å². The molecule has 0 radical (unpaired) electrons. The van der Waals surface area contributed by atoms with Gasteiger partial charge in [0.05, 0.1) is 15.6 Å². The van der Waals surface area contributed by atoms with Crippen molar-refractivity contribution in [1.82, 2.24) is 0 Å². The van der Waals surface area contributed by atoms with Gasteiger partial charge < -0.3 is 4.74 Å². The third kappa shape index (κ3) is 4.34.